The molecule has 88 valence electrons. The second-order valence-electron chi connectivity index (χ2n) is 3.89. The fourth-order valence-electron chi connectivity index (χ4n) is 1.48. The number of halogens is 1. The molecule has 2 rings (SSSR count). The van der Waals surface area contributed by atoms with E-state index in [0.29, 0.717) is 6.54 Å². The predicted molar refractivity (Wildman–Crippen MR) is 64.8 cm³/mol. The van der Waals surface area contributed by atoms with Crippen molar-refractivity contribution in [2.45, 2.75) is 18.9 Å². The number of methoxy groups -OCH3 is 1. The van der Waals surface area contributed by atoms with Crippen LogP contribution in [0.3, 0.4) is 0 Å². The minimum absolute atomic E-state index is 0.0970. The maximum atomic E-state index is 11.5. The van der Waals surface area contributed by atoms with E-state index in [4.69, 9.17) is 16.3 Å². The molecule has 0 aromatic carbocycles. The van der Waals surface area contributed by atoms with Gasteiger partial charge in [0.05, 0.1) is 4.34 Å². The summed E-state index contributed by atoms with van der Waals surface area (Å²) >= 11 is 7.35. The molecule has 0 saturated heterocycles. The largest absolute Gasteiger partial charge is 0.374 e. The van der Waals surface area contributed by atoms with Gasteiger partial charge in [-0.15, -0.1) is 11.3 Å². The van der Waals surface area contributed by atoms with Crippen molar-refractivity contribution in [3.05, 3.63) is 21.3 Å². The normalized spacial score (nSPS) is 17.1. The molecule has 1 fully saturated rings. The Morgan fingerprint density at radius 1 is 1.69 bits per heavy atom. The third-order valence-electron chi connectivity index (χ3n) is 2.61. The Morgan fingerprint density at radius 2 is 2.44 bits per heavy atom. The number of hydrogen-bond acceptors (Lipinski definition) is 3. The lowest BCUT2D eigenvalue weighted by molar-refractivity contribution is -0.122. The van der Waals surface area contributed by atoms with Crippen LogP contribution in [0.2, 0.25) is 4.34 Å². The van der Waals surface area contributed by atoms with Crippen molar-refractivity contribution in [2.24, 2.45) is 5.92 Å². The molecule has 16 heavy (non-hydrogen) atoms. The molecular weight excluding hydrogens is 246 g/mol. The zero-order chi connectivity index (χ0) is 11.5. The van der Waals surface area contributed by atoms with E-state index >= 15 is 0 Å². The van der Waals surface area contributed by atoms with Gasteiger partial charge in [0.15, 0.2) is 0 Å². The highest BCUT2D eigenvalue weighted by atomic mass is 35.5. The number of rotatable bonds is 5. The van der Waals surface area contributed by atoms with Gasteiger partial charge in [-0.2, -0.15) is 0 Å². The van der Waals surface area contributed by atoms with Crippen LogP contribution in [0.5, 0.6) is 0 Å². The van der Waals surface area contributed by atoms with Crippen molar-refractivity contribution in [1.82, 2.24) is 5.32 Å². The van der Waals surface area contributed by atoms with Crippen LogP contribution < -0.4 is 5.32 Å². The van der Waals surface area contributed by atoms with Crippen LogP contribution in [0, 0.1) is 5.92 Å². The summed E-state index contributed by atoms with van der Waals surface area (Å²) in [6.45, 7) is 0.517. The SMILES string of the molecule is CO[C@H](CNC(=O)C1CC1)c1ccc(Cl)s1. The Labute approximate surface area is 104 Å². The van der Waals surface area contributed by atoms with Crippen molar-refractivity contribution >= 4 is 28.8 Å². The molecule has 1 heterocycles. The lowest BCUT2D eigenvalue weighted by Gasteiger charge is -2.14. The number of amides is 1. The summed E-state index contributed by atoms with van der Waals surface area (Å²) < 4.78 is 6.08. The van der Waals surface area contributed by atoms with Gasteiger partial charge in [0.1, 0.15) is 6.10 Å². The van der Waals surface area contributed by atoms with Crippen molar-refractivity contribution in [2.75, 3.05) is 13.7 Å². The minimum atomic E-state index is -0.0970. The first kappa shape index (κ1) is 11.9. The Hall–Kier alpha value is -0.580. The van der Waals surface area contributed by atoms with E-state index in [0.717, 1.165) is 22.1 Å². The molecule has 0 radical (unpaired) electrons. The van der Waals surface area contributed by atoms with Crippen molar-refractivity contribution in [3.63, 3.8) is 0 Å². The summed E-state index contributed by atoms with van der Waals surface area (Å²) in [4.78, 5) is 12.5. The first-order valence-electron chi connectivity index (χ1n) is 5.26. The van der Waals surface area contributed by atoms with E-state index in [2.05, 4.69) is 5.32 Å². The van der Waals surface area contributed by atoms with E-state index in [-0.39, 0.29) is 17.9 Å². The molecule has 1 aromatic heterocycles. The van der Waals surface area contributed by atoms with E-state index in [1.807, 2.05) is 12.1 Å². The zero-order valence-electron chi connectivity index (χ0n) is 9.03. The van der Waals surface area contributed by atoms with Gasteiger partial charge in [-0.25, -0.2) is 0 Å². The number of carbonyl (C=O) groups excluding carboxylic acids is 1. The van der Waals surface area contributed by atoms with Gasteiger partial charge >= 0.3 is 0 Å². The molecule has 0 unspecified atom stereocenters. The standard InChI is InChI=1S/C11H14ClNO2S/c1-15-8(9-4-5-10(12)16-9)6-13-11(14)7-2-3-7/h4-5,7-8H,2-3,6H2,1H3,(H,13,14)/t8-/m1/s1. The molecule has 1 aromatic rings. The van der Waals surface area contributed by atoms with E-state index < -0.39 is 0 Å². The topological polar surface area (TPSA) is 38.3 Å². The van der Waals surface area contributed by atoms with E-state index in [1.54, 1.807) is 7.11 Å². The fourth-order valence-corrected chi connectivity index (χ4v) is 2.62. The van der Waals surface area contributed by atoms with Gasteiger partial charge in [0, 0.05) is 24.4 Å². The first-order chi connectivity index (χ1) is 7.70. The second kappa shape index (κ2) is 5.17. The van der Waals surface area contributed by atoms with Crippen molar-refractivity contribution in [3.8, 4) is 0 Å². The Kier molecular flexibility index (Phi) is 3.84. The molecule has 1 saturated carbocycles. The van der Waals surface area contributed by atoms with Crippen LogP contribution in [0.4, 0.5) is 0 Å². The highest BCUT2D eigenvalue weighted by molar-refractivity contribution is 7.16. The number of ether oxygens (including phenoxy) is 1. The maximum Gasteiger partial charge on any atom is 0.223 e. The molecule has 1 aliphatic carbocycles. The summed E-state index contributed by atoms with van der Waals surface area (Å²) in [7, 11) is 1.64. The molecule has 1 amide bonds. The monoisotopic (exact) mass is 259 g/mol. The number of nitrogens with one attached hydrogen (secondary N) is 1. The molecule has 3 nitrogen and oxygen atoms in total. The zero-order valence-corrected chi connectivity index (χ0v) is 10.6. The van der Waals surface area contributed by atoms with Gasteiger partial charge in [0.2, 0.25) is 5.91 Å². The van der Waals surface area contributed by atoms with Gasteiger partial charge in [-0.3, -0.25) is 4.79 Å². The summed E-state index contributed by atoms with van der Waals surface area (Å²) in [5.74, 6) is 0.383. The summed E-state index contributed by atoms with van der Waals surface area (Å²) in [6.07, 6.45) is 1.95. The number of hydrogen-bond donors (Lipinski definition) is 1. The van der Waals surface area contributed by atoms with E-state index in [1.165, 1.54) is 11.3 Å². The lowest BCUT2D eigenvalue weighted by Crippen LogP contribution is -2.29. The van der Waals surface area contributed by atoms with Gasteiger partial charge in [-0.1, -0.05) is 11.6 Å². The Bertz CT molecular complexity index is 376. The van der Waals surface area contributed by atoms with Crippen LogP contribution >= 0.6 is 22.9 Å². The summed E-state index contributed by atoms with van der Waals surface area (Å²) in [6, 6.07) is 3.78. The molecule has 0 spiro atoms. The highest BCUT2D eigenvalue weighted by Crippen LogP contribution is 2.30. The molecule has 0 bridgehead atoms. The third-order valence-corrected chi connectivity index (χ3v) is 3.93. The van der Waals surface area contributed by atoms with Crippen LogP contribution in [0.25, 0.3) is 0 Å². The van der Waals surface area contributed by atoms with Gasteiger partial charge < -0.3 is 10.1 Å². The summed E-state index contributed by atoms with van der Waals surface area (Å²) in [5, 5.41) is 2.90. The predicted octanol–water partition coefficient (Wildman–Crippen LogP) is 2.62. The average Bonchev–Trinajstić information content (AvgIpc) is 3.03. The van der Waals surface area contributed by atoms with Gasteiger partial charge in [0.25, 0.3) is 0 Å². The van der Waals surface area contributed by atoms with E-state index in [9.17, 15) is 4.79 Å². The molecule has 1 aliphatic rings. The van der Waals surface area contributed by atoms with Gasteiger partial charge in [-0.05, 0) is 25.0 Å². The molecule has 0 aliphatic heterocycles. The first-order valence-corrected chi connectivity index (χ1v) is 6.46. The Balaban J connectivity index is 1.87. The molecule has 5 heteroatoms. The average molecular weight is 260 g/mol. The number of carbonyl (C=O) groups is 1. The smallest absolute Gasteiger partial charge is 0.223 e. The minimum Gasteiger partial charge on any atom is -0.374 e. The fraction of sp³-hybridized carbons (Fsp3) is 0.545. The number of thiophene rings is 1. The quantitative estimate of drug-likeness (QED) is 0.883. The second-order valence-corrected chi connectivity index (χ2v) is 5.63. The highest BCUT2D eigenvalue weighted by Gasteiger charge is 2.29. The molecule has 1 N–H and O–H groups in total. The van der Waals surface area contributed by atoms with Crippen LogP contribution in [0.15, 0.2) is 12.1 Å². The van der Waals surface area contributed by atoms with Crippen molar-refractivity contribution in [1.29, 1.82) is 0 Å². The lowest BCUT2D eigenvalue weighted by atomic mass is 10.3. The Morgan fingerprint density at radius 3 is 2.94 bits per heavy atom. The van der Waals surface area contributed by atoms with Crippen LogP contribution in [0.1, 0.15) is 23.8 Å². The van der Waals surface area contributed by atoms with Crippen molar-refractivity contribution < 1.29 is 9.53 Å². The van der Waals surface area contributed by atoms with Crippen LogP contribution in [-0.4, -0.2) is 19.6 Å². The van der Waals surface area contributed by atoms with Crippen LogP contribution in [-0.2, 0) is 9.53 Å². The molecular formula is C11H14ClNO2S. The molecule has 1 atom stereocenters. The summed E-state index contributed by atoms with van der Waals surface area (Å²) in [5.41, 5.74) is 0. The third kappa shape index (κ3) is 2.97. The maximum absolute atomic E-state index is 11.5.